The predicted molar refractivity (Wildman–Crippen MR) is 98.3 cm³/mol. The first-order valence-electron chi connectivity index (χ1n) is 9.90. The lowest BCUT2D eigenvalue weighted by Gasteiger charge is -2.49. The number of nitrogens with one attached hydrogen (secondary N) is 1. The van der Waals surface area contributed by atoms with Crippen LogP contribution in [0.1, 0.15) is 37.7 Å². The first-order chi connectivity index (χ1) is 12.3. The van der Waals surface area contributed by atoms with Gasteiger partial charge in [0.25, 0.3) is 0 Å². The zero-order valence-corrected chi connectivity index (χ0v) is 15.1. The molecule has 0 bridgehead atoms. The minimum Gasteiger partial charge on any atom is -0.379 e. The maximum absolute atomic E-state index is 12.2. The molecule has 1 N–H and O–H groups in total. The third-order valence-electron chi connectivity index (χ3n) is 6.44. The lowest BCUT2D eigenvalue weighted by atomic mass is 9.69. The largest absolute Gasteiger partial charge is 0.379 e. The standard InChI is InChI=1S/C21H30N2O2/c24-20(18-6-7-18)22-19-16-25-15-11-21(19)9-13-23(14-10-21)12-8-17-4-2-1-3-5-17/h1-5,18-19H,6-16H2,(H,22,24). The number of carbonyl (C=O) groups is 1. The predicted octanol–water partition coefficient (Wildman–Crippen LogP) is 2.63. The van der Waals surface area contributed by atoms with E-state index in [2.05, 4.69) is 40.5 Å². The van der Waals surface area contributed by atoms with Crippen molar-refractivity contribution >= 4 is 5.91 Å². The highest BCUT2D eigenvalue weighted by Crippen LogP contribution is 2.41. The van der Waals surface area contributed by atoms with E-state index in [1.807, 2.05) is 0 Å². The van der Waals surface area contributed by atoms with Crippen molar-refractivity contribution in [3.05, 3.63) is 35.9 Å². The molecule has 3 fully saturated rings. The Kier molecular flexibility index (Phi) is 5.09. The Balaban J connectivity index is 1.31. The molecule has 1 unspecified atom stereocenters. The molecule has 25 heavy (non-hydrogen) atoms. The fourth-order valence-electron chi connectivity index (χ4n) is 4.41. The number of ether oxygens (including phenoxy) is 1. The van der Waals surface area contributed by atoms with Crippen LogP contribution >= 0.6 is 0 Å². The van der Waals surface area contributed by atoms with Gasteiger partial charge in [0.2, 0.25) is 5.91 Å². The van der Waals surface area contributed by atoms with Crippen molar-refractivity contribution in [3.8, 4) is 0 Å². The van der Waals surface area contributed by atoms with Crippen molar-refractivity contribution in [2.75, 3.05) is 32.8 Å². The molecular formula is C21H30N2O2. The molecule has 3 aliphatic rings. The van der Waals surface area contributed by atoms with Gasteiger partial charge in [-0.05, 0) is 62.6 Å². The monoisotopic (exact) mass is 342 g/mol. The SMILES string of the molecule is O=C(NC1COCCC12CCN(CCc1ccccc1)CC2)C1CC1. The molecule has 2 aliphatic heterocycles. The maximum Gasteiger partial charge on any atom is 0.223 e. The molecule has 1 aromatic rings. The molecule has 1 saturated carbocycles. The van der Waals surface area contributed by atoms with Crippen molar-refractivity contribution in [2.24, 2.45) is 11.3 Å². The van der Waals surface area contributed by atoms with Gasteiger partial charge in [0.05, 0.1) is 12.6 Å². The minimum atomic E-state index is 0.214. The van der Waals surface area contributed by atoms with Crippen LogP contribution in [0.15, 0.2) is 30.3 Å². The van der Waals surface area contributed by atoms with E-state index in [1.54, 1.807) is 0 Å². The summed E-state index contributed by atoms with van der Waals surface area (Å²) in [4.78, 5) is 14.8. The van der Waals surface area contributed by atoms with E-state index in [4.69, 9.17) is 4.74 Å². The molecule has 4 nitrogen and oxygen atoms in total. The van der Waals surface area contributed by atoms with Crippen LogP contribution in [-0.4, -0.2) is 49.7 Å². The summed E-state index contributed by atoms with van der Waals surface area (Å²) in [6.45, 7) is 4.96. The maximum atomic E-state index is 12.2. The van der Waals surface area contributed by atoms with Gasteiger partial charge in [0, 0.05) is 19.1 Å². The van der Waals surface area contributed by atoms with Gasteiger partial charge < -0.3 is 15.0 Å². The van der Waals surface area contributed by atoms with E-state index in [0.717, 1.165) is 51.9 Å². The highest BCUT2D eigenvalue weighted by Gasteiger charge is 2.45. The van der Waals surface area contributed by atoms with Crippen molar-refractivity contribution in [3.63, 3.8) is 0 Å². The van der Waals surface area contributed by atoms with Crippen LogP contribution in [0.3, 0.4) is 0 Å². The Morgan fingerprint density at radius 1 is 1.16 bits per heavy atom. The van der Waals surface area contributed by atoms with Crippen LogP contribution in [0.4, 0.5) is 0 Å². The number of carbonyl (C=O) groups excluding carboxylic acids is 1. The number of likely N-dealkylation sites (tertiary alicyclic amines) is 1. The lowest BCUT2D eigenvalue weighted by molar-refractivity contribution is -0.127. The normalized spacial score (nSPS) is 26.5. The van der Waals surface area contributed by atoms with Crippen molar-refractivity contribution < 1.29 is 9.53 Å². The van der Waals surface area contributed by atoms with Gasteiger partial charge in [-0.15, -0.1) is 0 Å². The highest BCUT2D eigenvalue weighted by atomic mass is 16.5. The van der Waals surface area contributed by atoms with Gasteiger partial charge >= 0.3 is 0 Å². The summed E-state index contributed by atoms with van der Waals surface area (Å²) < 4.78 is 5.71. The zero-order chi connectivity index (χ0) is 17.1. The molecule has 4 heteroatoms. The quantitative estimate of drug-likeness (QED) is 0.894. The molecule has 2 saturated heterocycles. The molecule has 1 aliphatic carbocycles. The molecule has 4 rings (SSSR count). The van der Waals surface area contributed by atoms with Crippen LogP contribution in [-0.2, 0) is 16.0 Å². The number of nitrogens with zero attached hydrogens (tertiary/aromatic N) is 1. The molecular weight excluding hydrogens is 312 g/mol. The molecule has 1 spiro atoms. The van der Waals surface area contributed by atoms with Crippen LogP contribution in [0.25, 0.3) is 0 Å². The molecule has 1 amide bonds. The number of benzene rings is 1. The van der Waals surface area contributed by atoms with E-state index >= 15 is 0 Å². The van der Waals surface area contributed by atoms with Gasteiger partial charge in [-0.2, -0.15) is 0 Å². The molecule has 0 radical (unpaired) electrons. The Morgan fingerprint density at radius 3 is 2.64 bits per heavy atom. The smallest absolute Gasteiger partial charge is 0.223 e. The summed E-state index contributed by atoms with van der Waals surface area (Å²) >= 11 is 0. The summed E-state index contributed by atoms with van der Waals surface area (Å²) in [6, 6.07) is 11.0. The fraction of sp³-hybridized carbons (Fsp3) is 0.667. The van der Waals surface area contributed by atoms with Gasteiger partial charge in [-0.3, -0.25) is 4.79 Å². The molecule has 1 aromatic carbocycles. The van der Waals surface area contributed by atoms with Gasteiger partial charge in [-0.1, -0.05) is 30.3 Å². The second-order valence-electron chi connectivity index (χ2n) is 8.10. The summed E-state index contributed by atoms with van der Waals surface area (Å²) in [5, 5.41) is 3.33. The number of hydrogen-bond donors (Lipinski definition) is 1. The first kappa shape index (κ1) is 17.0. The van der Waals surface area contributed by atoms with E-state index in [0.29, 0.717) is 6.61 Å². The number of amides is 1. The Bertz CT molecular complexity index is 577. The molecule has 1 atom stereocenters. The van der Waals surface area contributed by atoms with Crippen LogP contribution in [0.2, 0.25) is 0 Å². The summed E-state index contributed by atoms with van der Waals surface area (Å²) in [7, 11) is 0. The first-order valence-corrected chi connectivity index (χ1v) is 9.90. The Hall–Kier alpha value is -1.39. The number of piperidine rings is 1. The van der Waals surface area contributed by atoms with E-state index in [1.165, 1.54) is 18.4 Å². The van der Waals surface area contributed by atoms with Crippen LogP contribution < -0.4 is 5.32 Å². The van der Waals surface area contributed by atoms with Crippen molar-refractivity contribution in [1.29, 1.82) is 0 Å². The van der Waals surface area contributed by atoms with Crippen molar-refractivity contribution in [1.82, 2.24) is 10.2 Å². The Labute approximate surface area is 150 Å². The molecule has 136 valence electrons. The molecule has 2 heterocycles. The van der Waals surface area contributed by atoms with E-state index < -0.39 is 0 Å². The van der Waals surface area contributed by atoms with Gasteiger partial charge in [0.1, 0.15) is 0 Å². The van der Waals surface area contributed by atoms with Crippen molar-refractivity contribution in [2.45, 2.75) is 44.6 Å². The topological polar surface area (TPSA) is 41.6 Å². The second kappa shape index (κ2) is 7.46. The number of hydrogen-bond acceptors (Lipinski definition) is 3. The third-order valence-corrected chi connectivity index (χ3v) is 6.44. The zero-order valence-electron chi connectivity index (χ0n) is 15.1. The fourth-order valence-corrected chi connectivity index (χ4v) is 4.41. The minimum absolute atomic E-state index is 0.214. The highest BCUT2D eigenvalue weighted by molar-refractivity contribution is 5.81. The summed E-state index contributed by atoms with van der Waals surface area (Å²) in [6.07, 6.45) is 6.72. The second-order valence-corrected chi connectivity index (χ2v) is 8.10. The van der Waals surface area contributed by atoms with Gasteiger partial charge in [0.15, 0.2) is 0 Å². The third kappa shape index (κ3) is 4.06. The average molecular weight is 342 g/mol. The lowest BCUT2D eigenvalue weighted by Crippen LogP contribution is -2.57. The molecule has 0 aromatic heterocycles. The van der Waals surface area contributed by atoms with E-state index in [-0.39, 0.29) is 23.3 Å². The van der Waals surface area contributed by atoms with E-state index in [9.17, 15) is 4.79 Å². The summed E-state index contributed by atoms with van der Waals surface area (Å²) in [5.41, 5.74) is 1.68. The van der Waals surface area contributed by atoms with Gasteiger partial charge in [-0.25, -0.2) is 0 Å². The van der Waals surface area contributed by atoms with Crippen LogP contribution in [0.5, 0.6) is 0 Å². The number of rotatable bonds is 5. The average Bonchev–Trinajstić information content (AvgIpc) is 3.49. The Morgan fingerprint density at radius 2 is 1.92 bits per heavy atom. The summed E-state index contributed by atoms with van der Waals surface area (Å²) in [5.74, 6) is 0.548. The van der Waals surface area contributed by atoms with Crippen LogP contribution in [0, 0.1) is 11.3 Å².